The van der Waals surface area contributed by atoms with E-state index in [1.165, 1.54) is 0 Å². The smallest absolute Gasteiger partial charge is 0.221 e. The van der Waals surface area contributed by atoms with E-state index in [0.29, 0.717) is 12.3 Å². The molecule has 0 bridgehead atoms. The SMILES string of the molecule is CSCCC(NC(=O)CC1C=CCC1)c1nc2ccccc2[nH]1. The molecule has 1 amide bonds. The number of amides is 1. The number of hydrogen-bond donors (Lipinski definition) is 2. The number of imidazole rings is 1. The summed E-state index contributed by atoms with van der Waals surface area (Å²) in [6.07, 6.45) is 10.1. The highest BCUT2D eigenvalue weighted by Gasteiger charge is 2.20. The number of H-pyrrole nitrogens is 1. The number of allylic oxidation sites excluding steroid dienone is 2. The molecule has 2 aromatic rings. The molecule has 0 saturated carbocycles. The molecule has 23 heavy (non-hydrogen) atoms. The van der Waals surface area contributed by atoms with E-state index in [4.69, 9.17) is 0 Å². The summed E-state index contributed by atoms with van der Waals surface area (Å²) in [6.45, 7) is 0. The Kier molecular flexibility index (Phi) is 5.39. The van der Waals surface area contributed by atoms with E-state index in [1.54, 1.807) is 11.8 Å². The van der Waals surface area contributed by atoms with Gasteiger partial charge in [0.2, 0.25) is 5.91 Å². The molecule has 122 valence electrons. The van der Waals surface area contributed by atoms with E-state index < -0.39 is 0 Å². The number of fused-ring (bicyclic) bond motifs is 1. The van der Waals surface area contributed by atoms with Crippen LogP contribution in [0, 0.1) is 5.92 Å². The number of rotatable bonds is 7. The minimum Gasteiger partial charge on any atom is -0.346 e. The van der Waals surface area contributed by atoms with Crippen LogP contribution in [-0.4, -0.2) is 27.9 Å². The van der Waals surface area contributed by atoms with Crippen molar-refractivity contribution in [2.75, 3.05) is 12.0 Å². The van der Waals surface area contributed by atoms with Crippen LogP contribution in [0.5, 0.6) is 0 Å². The third-order valence-corrected chi connectivity index (χ3v) is 4.89. The second kappa shape index (κ2) is 7.68. The standard InChI is InChI=1S/C18H23N3OS/c1-23-11-10-16(19-17(22)12-13-6-2-3-7-13)18-20-14-8-4-5-9-15(14)21-18/h2,4-6,8-9,13,16H,3,7,10-12H2,1H3,(H,19,22)(H,20,21). The minimum atomic E-state index is -0.0484. The van der Waals surface area contributed by atoms with Crippen LogP contribution in [-0.2, 0) is 4.79 Å². The van der Waals surface area contributed by atoms with Gasteiger partial charge in [-0.25, -0.2) is 4.98 Å². The summed E-state index contributed by atoms with van der Waals surface area (Å²) < 4.78 is 0. The summed E-state index contributed by atoms with van der Waals surface area (Å²) in [4.78, 5) is 20.4. The molecule has 0 spiro atoms. The normalized spacial score (nSPS) is 18.4. The van der Waals surface area contributed by atoms with Crippen LogP contribution in [0.2, 0.25) is 0 Å². The molecule has 1 aromatic carbocycles. The van der Waals surface area contributed by atoms with Crippen LogP contribution >= 0.6 is 11.8 Å². The first-order valence-electron chi connectivity index (χ1n) is 8.16. The molecule has 4 nitrogen and oxygen atoms in total. The van der Waals surface area contributed by atoms with Crippen LogP contribution < -0.4 is 5.32 Å². The average molecular weight is 329 g/mol. The Morgan fingerprint density at radius 2 is 2.35 bits per heavy atom. The van der Waals surface area contributed by atoms with Gasteiger partial charge in [-0.15, -0.1) is 0 Å². The minimum absolute atomic E-state index is 0.0484. The number of para-hydroxylation sites is 2. The van der Waals surface area contributed by atoms with Gasteiger partial charge in [0.1, 0.15) is 5.82 Å². The van der Waals surface area contributed by atoms with Crippen molar-refractivity contribution in [1.82, 2.24) is 15.3 Å². The fraction of sp³-hybridized carbons (Fsp3) is 0.444. The van der Waals surface area contributed by atoms with Crippen LogP contribution in [0.4, 0.5) is 0 Å². The number of aromatic nitrogens is 2. The second-order valence-electron chi connectivity index (χ2n) is 6.01. The molecular weight excluding hydrogens is 306 g/mol. The lowest BCUT2D eigenvalue weighted by Crippen LogP contribution is -2.30. The zero-order valence-corrected chi connectivity index (χ0v) is 14.2. The monoisotopic (exact) mass is 329 g/mol. The van der Waals surface area contributed by atoms with Gasteiger partial charge in [0, 0.05) is 6.42 Å². The molecule has 0 saturated heterocycles. The van der Waals surface area contributed by atoms with E-state index in [2.05, 4.69) is 33.7 Å². The summed E-state index contributed by atoms with van der Waals surface area (Å²) in [5.41, 5.74) is 1.97. The fourth-order valence-corrected chi connectivity index (χ4v) is 3.48. The van der Waals surface area contributed by atoms with Gasteiger partial charge in [0.05, 0.1) is 17.1 Å². The first-order valence-corrected chi connectivity index (χ1v) is 9.55. The maximum absolute atomic E-state index is 12.4. The Balaban J connectivity index is 1.71. The second-order valence-corrected chi connectivity index (χ2v) is 7.00. The maximum atomic E-state index is 12.4. The van der Waals surface area contributed by atoms with Crippen molar-refractivity contribution in [2.24, 2.45) is 5.92 Å². The molecule has 1 aromatic heterocycles. The molecular formula is C18H23N3OS. The Morgan fingerprint density at radius 3 is 3.09 bits per heavy atom. The lowest BCUT2D eigenvalue weighted by molar-refractivity contribution is -0.122. The molecule has 5 heteroatoms. The zero-order valence-electron chi connectivity index (χ0n) is 13.4. The Hall–Kier alpha value is -1.75. The Bertz CT molecular complexity index is 661. The third-order valence-electron chi connectivity index (χ3n) is 4.24. The van der Waals surface area contributed by atoms with Crippen molar-refractivity contribution in [1.29, 1.82) is 0 Å². The van der Waals surface area contributed by atoms with E-state index in [-0.39, 0.29) is 11.9 Å². The van der Waals surface area contributed by atoms with Crippen molar-refractivity contribution >= 4 is 28.7 Å². The molecule has 0 radical (unpaired) electrons. The number of carbonyl (C=O) groups is 1. The molecule has 1 heterocycles. The van der Waals surface area contributed by atoms with E-state index in [1.807, 2.05) is 24.3 Å². The Morgan fingerprint density at radius 1 is 1.48 bits per heavy atom. The third kappa shape index (κ3) is 4.16. The number of nitrogens with zero attached hydrogens (tertiary/aromatic N) is 1. The van der Waals surface area contributed by atoms with Crippen LogP contribution in [0.3, 0.4) is 0 Å². The van der Waals surface area contributed by atoms with Gasteiger partial charge in [0.15, 0.2) is 0 Å². The topological polar surface area (TPSA) is 57.8 Å². The predicted molar refractivity (Wildman–Crippen MR) is 96.5 cm³/mol. The number of hydrogen-bond acceptors (Lipinski definition) is 3. The average Bonchev–Trinajstić information content (AvgIpc) is 3.20. The van der Waals surface area contributed by atoms with Gasteiger partial charge in [-0.2, -0.15) is 11.8 Å². The predicted octanol–water partition coefficient (Wildman–Crippen LogP) is 3.83. The molecule has 1 aliphatic rings. The molecule has 1 aliphatic carbocycles. The van der Waals surface area contributed by atoms with E-state index in [0.717, 1.165) is 41.9 Å². The number of carbonyl (C=O) groups excluding carboxylic acids is 1. The highest BCUT2D eigenvalue weighted by Crippen LogP contribution is 2.23. The van der Waals surface area contributed by atoms with Crippen molar-refractivity contribution < 1.29 is 4.79 Å². The van der Waals surface area contributed by atoms with E-state index >= 15 is 0 Å². The highest BCUT2D eigenvalue weighted by atomic mass is 32.2. The van der Waals surface area contributed by atoms with Crippen molar-refractivity contribution in [3.05, 3.63) is 42.2 Å². The zero-order chi connectivity index (χ0) is 16.1. The quantitative estimate of drug-likeness (QED) is 0.759. The summed E-state index contributed by atoms with van der Waals surface area (Å²) in [5, 5.41) is 3.18. The summed E-state index contributed by atoms with van der Waals surface area (Å²) in [5.74, 6) is 2.36. The van der Waals surface area contributed by atoms with Gasteiger partial charge in [-0.1, -0.05) is 24.3 Å². The van der Waals surface area contributed by atoms with Crippen LogP contribution in [0.25, 0.3) is 11.0 Å². The molecule has 2 atom stereocenters. The number of nitrogens with one attached hydrogen (secondary N) is 2. The number of thioether (sulfide) groups is 1. The van der Waals surface area contributed by atoms with Crippen LogP contribution in [0.15, 0.2) is 36.4 Å². The van der Waals surface area contributed by atoms with Crippen molar-refractivity contribution in [3.63, 3.8) is 0 Å². The fourth-order valence-electron chi connectivity index (χ4n) is 3.01. The largest absolute Gasteiger partial charge is 0.346 e. The van der Waals surface area contributed by atoms with Gasteiger partial charge in [-0.3, -0.25) is 4.79 Å². The van der Waals surface area contributed by atoms with E-state index in [9.17, 15) is 4.79 Å². The van der Waals surface area contributed by atoms with Gasteiger partial charge in [-0.05, 0) is 49.3 Å². The lowest BCUT2D eigenvalue weighted by Gasteiger charge is -2.17. The molecule has 0 fully saturated rings. The first-order chi connectivity index (χ1) is 11.3. The molecule has 0 aliphatic heterocycles. The first kappa shape index (κ1) is 16.1. The summed E-state index contributed by atoms with van der Waals surface area (Å²) in [7, 11) is 0. The van der Waals surface area contributed by atoms with Gasteiger partial charge >= 0.3 is 0 Å². The Labute approximate surface area is 141 Å². The van der Waals surface area contributed by atoms with Crippen molar-refractivity contribution in [3.8, 4) is 0 Å². The maximum Gasteiger partial charge on any atom is 0.221 e. The van der Waals surface area contributed by atoms with Crippen LogP contribution in [0.1, 0.15) is 37.5 Å². The molecule has 2 N–H and O–H groups in total. The molecule has 2 unspecified atom stereocenters. The number of aromatic amines is 1. The highest BCUT2D eigenvalue weighted by molar-refractivity contribution is 7.98. The van der Waals surface area contributed by atoms with Gasteiger partial charge in [0.25, 0.3) is 0 Å². The number of benzene rings is 1. The van der Waals surface area contributed by atoms with Gasteiger partial charge < -0.3 is 10.3 Å². The summed E-state index contributed by atoms with van der Waals surface area (Å²) in [6, 6.07) is 7.93. The van der Waals surface area contributed by atoms with Crippen molar-refractivity contribution in [2.45, 2.75) is 31.7 Å². The summed E-state index contributed by atoms with van der Waals surface area (Å²) >= 11 is 1.79. The lowest BCUT2D eigenvalue weighted by atomic mass is 10.0. The molecule has 3 rings (SSSR count).